The van der Waals surface area contributed by atoms with Crippen LogP contribution in [0.15, 0.2) is 6.07 Å². The third-order valence-corrected chi connectivity index (χ3v) is 2.24. The highest BCUT2D eigenvalue weighted by Crippen LogP contribution is 2.38. The molecule has 0 amide bonds. The van der Waals surface area contributed by atoms with Crippen molar-refractivity contribution in [2.75, 3.05) is 13.6 Å². The number of nitrogens with one attached hydrogen (secondary N) is 2. The Morgan fingerprint density at radius 2 is 2.54 bits per heavy atom. The van der Waals surface area contributed by atoms with Crippen LogP contribution >= 0.6 is 0 Å². The third-order valence-electron chi connectivity index (χ3n) is 2.24. The van der Waals surface area contributed by atoms with Crippen molar-refractivity contribution in [3.63, 3.8) is 0 Å². The minimum absolute atomic E-state index is 0.0469. The molecule has 1 aliphatic carbocycles. The summed E-state index contributed by atoms with van der Waals surface area (Å²) in [6.07, 6.45) is 2.45. The maximum atomic E-state index is 11.4. The van der Waals surface area contributed by atoms with Gasteiger partial charge in [0.2, 0.25) is 0 Å². The first-order valence-corrected chi connectivity index (χ1v) is 4.54. The number of hydrogen-bond donors (Lipinski definition) is 2. The van der Waals surface area contributed by atoms with Gasteiger partial charge >= 0.3 is 0 Å². The van der Waals surface area contributed by atoms with Gasteiger partial charge in [-0.05, 0) is 26.0 Å². The van der Waals surface area contributed by atoms with E-state index in [-0.39, 0.29) is 5.78 Å². The van der Waals surface area contributed by atoms with Gasteiger partial charge in [-0.15, -0.1) is 0 Å². The Balaban J connectivity index is 2.07. The monoisotopic (exact) mass is 179 g/mol. The van der Waals surface area contributed by atoms with Crippen LogP contribution in [-0.2, 0) is 0 Å². The number of H-pyrrole nitrogens is 1. The standard InChI is InChI=1S/C9H13N3O/c1-10-5-9(13)8-4-7(11-12-8)6-2-3-6/h4,6,10H,2-3,5H2,1H3,(H,11,12). The molecule has 1 aromatic heterocycles. The molecule has 0 bridgehead atoms. The summed E-state index contributed by atoms with van der Waals surface area (Å²) in [6.45, 7) is 0.356. The normalized spacial score (nSPS) is 16.1. The molecule has 0 spiro atoms. The van der Waals surface area contributed by atoms with Crippen LogP contribution in [0.4, 0.5) is 0 Å². The number of aromatic nitrogens is 2. The number of Topliss-reactive ketones (excluding diaryl/α,β-unsaturated/α-hetero) is 1. The highest BCUT2D eigenvalue weighted by molar-refractivity contribution is 5.95. The van der Waals surface area contributed by atoms with Gasteiger partial charge in [0.15, 0.2) is 5.78 Å². The molecule has 1 aromatic rings. The van der Waals surface area contributed by atoms with E-state index in [0.29, 0.717) is 18.2 Å². The van der Waals surface area contributed by atoms with E-state index in [1.165, 1.54) is 12.8 Å². The third kappa shape index (κ3) is 1.78. The van der Waals surface area contributed by atoms with Gasteiger partial charge in [0.25, 0.3) is 0 Å². The fourth-order valence-electron chi connectivity index (χ4n) is 1.33. The van der Waals surface area contributed by atoms with E-state index in [1.54, 1.807) is 7.05 Å². The van der Waals surface area contributed by atoms with Crippen molar-refractivity contribution in [3.8, 4) is 0 Å². The summed E-state index contributed by atoms with van der Waals surface area (Å²) in [6, 6.07) is 1.87. The van der Waals surface area contributed by atoms with Crippen LogP contribution in [0.5, 0.6) is 0 Å². The largest absolute Gasteiger partial charge is 0.313 e. The molecule has 13 heavy (non-hydrogen) atoms. The predicted molar refractivity (Wildman–Crippen MR) is 48.8 cm³/mol. The quantitative estimate of drug-likeness (QED) is 0.668. The van der Waals surface area contributed by atoms with Crippen molar-refractivity contribution in [3.05, 3.63) is 17.5 Å². The summed E-state index contributed by atoms with van der Waals surface area (Å²) < 4.78 is 0. The average Bonchev–Trinajstić information content (AvgIpc) is 2.84. The lowest BCUT2D eigenvalue weighted by molar-refractivity contribution is 0.0989. The van der Waals surface area contributed by atoms with E-state index >= 15 is 0 Å². The summed E-state index contributed by atoms with van der Waals surface area (Å²) in [7, 11) is 1.76. The van der Waals surface area contributed by atoms with Crippen LogP contribution in [0, 0.1) is 0 Å². The number of hydrogen-bond acceptors (Lipinski definition) is 3. The number of aromatic amines is 1. The summed E-state index contributed by atoms with van der Waals surface area (Å²) in [5, 5.41) is 9.71. The minimum atomic E-state index is 0.0469. The van der Waals surface area contributed by atoms with Gasteiger partial charge in [-0.2, -0.15) is 5.10 Å². The van der Waals surface area contributed by atoms with Crippen LogP contribution in [0.1, 0.15) is 34.9 Å². The summed E-state index contributed by atoms with van der Waals surface area (Å²) >= 11 is 0. The number of carbonyl (C=O) groups is 1. The summed E-state index contributed by atoms with van der Waals surface area (Å²) in [4.78, 5) is 11.4. The first-order chi connectivity index (χ1) is 6.31. The molecule has 70 valence electrons. The van der Waals surface area contributed by atoms with Crippen molar-refractivity contribution >= 4 is 5.78 Å². The lowest BCUT2D eigenvalue weighted by Crippen LogP contribution is -2.18. The van der Waals surface area contributed by atoms with Crippen LogP contribution < -0.4 is 5.32 Å². The number of carbonyl (C=O) groups excluding carboxylic acids is 1. The van der Waals surface area contributed by atoms with Gasteiger partial charge in [0, 0.05) is 11.6 Å². The van der Waals surface area contributed by atoms with Gasteiger partial charge in [-0.3, -0.25) is 9.89 Å². The van der Waals surface area contributed by atoms with Gasteiger partial charge < -0.3 is 5.32 Å². The zero-order chi connectivity index (χ0) is 9.26. The Kier molecular flexibility index (Phi) is 2.14. The molecular formula is C9H13N3O. The molecule has 0 aliphatic heterocycles. The lowest BCUT2D eigenvalue weighted by atomic mass is 10.2. The Morgan fingerprint density at radius 1 is 1.77 bits per heavy atom. The molecule has 4 heteroatoms. The van der Waals surface area contributed by atoms with Gasteiger partial charge in [0.1, 0.15) is 5.69 Å². The molecule has 0 saturated heterocycles. The number of likely N-dealkylation sites (N-methyl/N-ethyl adjacent to an activating group) is 1. The van der Waals surface area contributed by atoms with Gasteiger partial charge in [-0.1, -0.05) is 0 Å². The van der Waals surface area contributed by atoms with Gasteiger partial charge in [-0.25, -0.2) is 0 Å². The van der Waals surface area contributed by atoms with Crippen molar-refractivity contribution in [1.82, 2.24) is 15.5 Å². The molecule has 2 N–H and O–H groups in total. The molecule has 0 aromatic carbocycles. The molecule has 1 aliphatic rings. The molecule has 1 saturated carbocycles. The van der Waals surface area contributed by atoms with Crippen LogP contribution in [0.25, 0.3) is 0 Å². The van der Waals surface area contributed by atoms with Crippen LogP contribution in [0.3, 0.4) is 0 Å². The zero-order valence-electron chi connectivity index (χ0n) is 7.63. The van der Waals surface area contributed by atoms with Crippen molar-refractivity contribution < 1.29 is 4.79 Å². The first-order valence-electron chi connectivity index (χ1n) is 4.54. The number of nitrogens with zero attached hydrogens (tertiary/aromatic N) is 1. The smallest absolute Gasteiger partial charge is 0.196 e. The second kappa shape index (κ2) is 3.30. The second-order valence-electron chi connectivity index (χ2n) is 3.44. The SMILES string of the molecule is CNCC(=O)c1cc(C2CC2)[nH]n1. The average molecular weight is 179 g/mol. The van der Waals surface area contributed by atoms with E-state index in [2.05, 4.69) is 15.5 Å². The van der Waals surface area contributed by atoms with Crippen molar-refractivity contribution in [2.24, 2.45) is 0 Å². The van der Waals surface area contributed by atoms with Crippen LogP contribution in [-0.4, -0.2) is 29.6 Å². The Labute approximate surface area is 76.7 Å². The molecule has 1 fully saturated rings. The first kappa shape index (κ1) is 8.44. The zero-order valence-corrected chi connectivity index (χ0v) is 7.63. The molecule has 1 heterocycles. The van der Waals surface area contributed by atoms with Crippen LogP contribution in [0.2, 0.25) is 0 Å². The van der Waals surface area contributed by atoms with E-state index in [0.717, 1.165) is 5.69 Å². The highest BCUT2D eigenvalue weighted by Gasteiger charge is 2.26. The summed E-state index contributed by atoms with van der Waals surface area (Å²) in [5.41, 5.74) is 1.66. The molecule has 4 nitrogen and oxygen atoms in total. The highest BCUT2D eigenvalue weighted by atomic mass is 16.1. The number of ketones is 1. The predicted octanol–water partition coefficient (Wildman–Crippen LogP) is 0.689. The Morgan fingerprint density at radius 3 is 3.15 bits per heavy atom. The molecular weight excluding hydrogens is 166 g/mol. The maximum absolute atomic E-state index is 11.4. The fraction of sp³-hybridized carbons (Fsp3) is 0.556. The molecule has 2 rings (SSSR count). The Bertz CT molecular complexity index is 314. The maximum Gasteiger partial charge on any atom is 0.196 e. The van der Waals surface area contributed by atoms with E-state index in [1.807, 2.05) is 6.07 Å². The molecule has 0 radical (unpaired) electrons. The van der Waals surface area contributed by atoms with Gasteiger partial charge in [0.05, 0.1) is 6.54 Å². The van der Waals surface area contributed by atoms with E-state index < -0.39 is 0 Å². The fourth-order valence-corrected chi connectivity index (χ4v) is 1.33. The molecule has 0 atom stereocenters. The van der Waals surface area contributed by atoms with Crippen molar-refractivity contribution in [1.29, 1.82) is 0 Å². The Hall–Kier alpha value is -1.16. The van der Waals surface area contributed by atoms with E-state index in [4.69, 9.17) is 0 Å². The lowest BCUT2D eigenvalue weighted by Gasteiger charge is -1.92. The second-order valence-corrected chi connectivity index (χ2v) is 3.44. The number of rotatable bonds is 4. The topological polar surface area (TPSA) is 57.8 Å². The molecule has 0 unspecified atom stereocenters. The van der Waals surface area contributed by atoms with E-state index in [9.17, 15) is 4.79 Å². The minimum Gasteiger partial charge on any atom is -0.313 e. The van der Waals surface area contributed by atoms with Crippen molar-refractivity contribution in [2.45, 2.75) is 18.8 Å². The summed E-state index contributed by atoms with van der Waals surface area (Å²) in [5.74, 6) is 0.675.